The van der Waals surface area contributed by atoms with Crippen LogP contribution in [0.25, 0.3) is 0 Å². The van der Waals surface area contributed by atoms with E-state index in [1.165, 1.54) is 0 Å². The van der Waals surface area contributed by atoms with Gasteiger partial charge in [-0.1, -0.05) is 5.57 Å². The van der Waals surface area contributed by atoms with Gasteiger partial charge in [0.25, 0.3) is 15.6 Å². The second-order valence-electron chi connectivity index (χ2n) is 2.70. The third-order valence-corrected chi connectivity index (χ3v) is 3.75. The maximum atomic E-state index is 10.9. The van der Waals surface area contributed by atoms with Crippen molar-refractivity contribution < 1.29 is 32.3 Å². The lowest BCUT2D eigenvalue weighted by Crippen LogP contribution is -2.13. The molecule has 0 rings (SSSR count). The van der Waals surface area contributed by atoms with Crippen LogP contribution in [0.15, 0.2) is 12.2 Å². The molecule has 7 nitrogen and oxygen atoms in total. The van der Waals surface area contributed by atoms with E-state index in [1.54, 1.807) is 6.92 Å². The molecule has 2 atom stereocenters. The number of rotatable bonds is 7. The highest BCUT2D eigenvalue weighted by molar-refractivity contribution is 7.59. The zero-order valence-corrected chi connectivity index (χ0v) is 10.2. The van der Waals surface area contributed by atoms with Crippen molar-refractivity contribution in [1.82, 2.24) is 0 Å². The monoisotopic (exact) mass is 258 g/mol. The SMILES string of the molecule is C=C(C)CCOP(=O)([O-])OP(=O)([O-])OC. The lowest BCUT2D eigenvalue weighted by Gasteiger charge is -2.29. The van der Waals surface area contributed by atoms with Crippen LogP contribution in [0.4, 0.5) is 0 Å². The molecule has 9 heteroatoms. The van der Waals surface area contributed by atoms with Crippen molar-refractivity contribution in [2.24, 2.45) is 0 Å². The first-order chi connectivity index (χ1) is 6.68. The Morgan fingerprint density at radius 2 is 1.87 bits per heavy atom. The van der Waals surface area contributed by atoms with Crippen LogP contribution in [-0.4, -0.2) is 13.7 Å². The molecule has 90 valence electrons. The van der Waals surface area contributed by atoms with Crippen molar-refractivity contribution in [3.05, 3.63) is 12.2 Å². The third kappa shape index (κ3) is 7.88. The van der Waals surface area contributed by atoms with E-state index in [9.17, 15) is 18.9 Å². The molecule has 0 aromatic carbocycles. The normalized spacial score (nSPS) is 19.2. The van der Waals surface area contributed by atoms with E-state index >= 15 is 0 Å². The zero-order valence-electron chi connectivity index (χ0n) is 8.37. The van der Waals surface area contributed by atoms with E-state index in [1.807, 2.05) is 0 Å². The molecule has 0 aliphatic rings. The van der Waals surface area contributed by atoms with Crippen LogP contribution in [0.5, 0.6) is 0 Å². The van der Waals surface area contributed by atoms with Crippen molar-refractivity contribution in [3.8, 4) is 0 Å². The van der Waals surface area contributed by atoms with E-state index in [0.29, 0.717) is 5.57 Å². The van der Waals surface area contributed by atoms with Crippen LogP contribution in [0.2, 0.25) is 0 Å². The minimum absolute atomic E-state index is 0.222. The molecule has 0 saturated carbocycles. The molecule has 15 heavy (non-hydrogen) atoms. The molecular weight excluding hydrogens is 246 g/mol. The van der Waals surface area contributed by atoms with E-state index in [0.717, 1.165) is 7.11 Å². The van der Waals surface area contributed by atoms with Gasteiger partial charge >= 0.3 is 0 Å². The summed E-state index contributed by atoms with van der Waals surface area (Å²) in [7, 11) is -8.93. The van der Waals surface area contributed by atoms with Gasteiger partial charge in [0.1, 0.15) is 0 Å². The number of phosphoric acid groups is 2. The maximum Gasteiger partial charge on any atom is 0.274 e. The van der Waals surface area contributed by atoms with Gasteiger partial charge < -0.3 is 18.8 Å². The molecule has 0 aliphatic heterocycles. The Kier molecular flexibility index (Phi) is 5.92. The zero-order chi connectivity index (χ0) is 12.1. The summed E-state index contributed by atoms with van der Waals surface area (Å²) in [6.45, 7) is 4.96. The molecule has 0 aliphatic carbocycles. The molecular formula is C6H12O7P2-2. The predicted molar refractivity (Wildman–Crippen MR) is 48.7 cm³/mol. The lowest BCUT2D eigenvalue weighted by atomic mass is 10.3. The highest BCUT2D eigenvalue weighted by Crippen LogP contribution is 2.54. The third-order valence-electron chi connectivity index (χ3n) is 1.20. The van der Waals surface area contributed by atoms with Crippen LogP contribution in [-0.2, 0) is 22.5 Å². The van der Waals surface area contributed by atoms with Crippen molar-refractivity contribution >= 4 is 15.6 Å². The second kappa shape index (κ2) is 5.92. The summed E-state index contributed by atoms with van der Waals surface area (Å²) >= 11 is 0. The van der Waals surface area contributed by atoms with Gasteiger partial charge in [-0.25, -0.2) is 4.31 Å². The van der Waals surface area contributed by atoms with Crippen LogP contribution in [0.3, 0.4) is 0 Å². The Morgan fingerprint density at radius 1 is 1.33 bits per heavy atom. The molecule has 0 aromatic rings. The quantitative estimate of drug-likeness (QED) is 0.485. The molecule has 0 N–H and O–H groups in total. The summed E-state index contributed by atoms with van der Waals surface area (Å²) in [6.07, 6.45) is 0.283. The maximum absolute atomic E-state index is 10.9. The Labute approximate surface area is 87.9 Å². The molecule has 0 fully saturated rings. The fraction of sp³-hybridized carbons (Fsp3) is 0.667. The van der Waals surface area contributed by atoms with Crippen LogP contribution < -0.4 is 9.79 Å². The summed E-state index contributed by atoms with van der Waals surface area (Å²) in [5.74, 6) is 0. The van der Waals surface area contributed by atoms with Crippen molar-refractivity contribution in [3.63, 3.8) is 0 Å². The van der Waals surface area contributed by atoms with Crippen molar-refractivity contribution in [2.75, 3.05) is 13.7 Å². The van der Waals surface area contributed by atoms with Crippen LogP contribution in [0.1, 0.15) is 13.3 Å². The predicted octanol–water partition coefficient (Wildman–Crippen LogP) is 0.569. The fourth-order valence-electron chi connectivity index (χ4n) is 0.511. The van der Waals surface area contributed by atoms with E-state index in [-0.39, 0.29) is 13.0 Å². The van der Waals surface area contributed by atoms with Gasteiger partial charge in [-0.15, -0.1) is 6.58 Å². The summed E-state index contributed by atoms with van der Waals surface area (Å²) in [6, 6.07) is 0. The molecule has 0 amide bonds. The van der Waals surface area contributed by atoms with Gasteiger partial charge in [-0.3, -0.25) is 9.13 Å². The molecule has 0 radical (unpaired) electrons. The molecule has 2 unspecified atom stereocenters. The number of hydrogen-bond acceptors (Lipinski definition) is 7. The standard InChI is InChI=1S/C6H14O7P2/c1-6(2)4-5-12-15(9,10)13-14(7,8)11-3/h1,4-5H2,2-3H3,(H,7,8)(H,9,10)/p-2. The van der Waals surface area contributed by atoms with Gasteiger partial charge in [0, 0.05) is 7.11 Å². The van der Waals surface area contributed by atoms with E-state index in [4.69, 9.17) is 0 Å². The van der Waals surface area contributed by atoms with Crippen LogP contribution in [0, 0.1) is 0 Å². The Morgan fingerprint density at radius 3 is 2.27 bits per heavy atom. The molecule has 0 bridgehead atoms. The van der Waals surface area contributed by atoms with E-state index in [2.05, 4.69) is 19.9 Å². The van der Waals surface area contributed by atoms with Crippen molar-refractivity contribution in [2.45, 2.75) is 13.3 Å². The first-order valence-corrected chi connectivity index (χ1v) is 6.79. The summed E-state index contributed by atoms with van der Waals surface area (Å²) in [5.41, 5.74) is 0.701. The molecule has 0 aromatic heterocycles. The first kappa shape index (κ1) is 15.0. The van der Waals surface area contributed by atoms with Gasteiger partial charge in [0.15, 0.2) is 0 Å². The second-order valence-corrected chi connectivity index (χ2v) is 5.76. The number of hydrogen-bond donors (Lipinski definition) is 0. The van der Waals surface area contributed by atoms with Gasteiger partial charge in [-0.2, -0.15) is 0 Å². The minimum Gasteiger partial charge on any atom is -0.756 e. The molecule has 0 spiro atoms. The highest BCUT2D eigenvalue weighted by atomic mass is 31.3. The summed E-state index contributed by atoms with van der Waals surface area (Å²) < 4.78 is 33.2. The Balaban J connectivity index is 4.14. The van der Waals surface area contributed by atoms with Crippen LogP contribution >= 0.6 is 15.6 Å². The van der Waals surface area contributed by atoms with Gasteiger partial charge in [0.05, 0.1) is 6.61 Å². The van der Waals surface area contributed by atoms with Gasteiger partial charge in [-0.05, 0) is 13.3 Å². The van der Waals surface area contributed by atoms with E-state index < -0.39 is 15.6 Å². The first-order valence-electron chi connectivity index (χ1n) is 3.86. The lowest BCUT2D eigenvalue weighted by molar-refractivity contribution is -0.242. The van der Waals surface area contributed by atoms with Crippen molar-refractivity contribution in [1.29, 1.82) is 0 Å². The minimum atomic E-state index is -4.88. The largest absolute Gasteiger partial charge is 0.756 e. The fourth-order valence-corrected chi connectivity index (χ4v) is 2.26. The summed E-state index contributed by atoms with van der Waals surface area (Å²) in [5, 5.41) is 0. The average molecular weight is 258 g/mol. The van der Waals surface area contributed by atoms with Gasteiger partial charge in [0.2, 0.25) is 0 Å². The highest BCUT2D eigenvalue weighted by Gasteiger charge is 2.18. The smallest absolute Gasteiger partial charge is 0.274 e. The average Bonchev–Trinajstić information content (AvgIpc) is 2.01. The Bertz CT molecular complexity index is 313. The summed E-state index contributed by atoms with van der Waals surface area (Å²) in [4.78, 5) is 21.5. The Hall–Kier alpha value is -0.0000000000000000416. The molecule has 0 heterocycles. The number of phosphoric ester groups is 2. The topological polar surface area (TPSA) is 108 Å². The molecule has 0 saturated heterocycles.